The maximum absolute atomic E-state index is 13.0. The molecule has 0 atom stereocenters. The maximum Gasteiger partial charge on any atom is 0.261 e. The van der Waals surface area contributed by atoms with E-state index in [0.717, 1.165) is 22.1 Å². The Bertz CT molecular complexity index is 1680. The third-order valence-electron chi connectivity index (χ3n) is 6.10. The second-order valence-electron chi connectivity index (χ2n) is 8.91. The Morgan fingerprint density at radius 3 is 2.18 bits per heavy atom. The fourth-order valence-electron chi connectivity index (χ4n) is 3.99. The highest BCUT2D eigenvalue weighted by atomic mass is 32.2. The molecule has 0 aliphatic heterocycles. The highest BCUT2D eigenvalue weighted by molar-refractivity contribution is 7.98. The first-order valence-electron chi connectivity index (χ1n) is 12.1. The van der Waals surface area contributed by atoms with Gasteiger partial charge in [0.05, 0.1) is 10.6 Å². The van der Waals surface area contributed by atoms with Crippen molar-refractivity contribution in [2.24, 2.45) is 0 Å². The summed E-state index contributed by atoms with van der Waals surface area (Å²) >= 11 is 1.75. The van der Waals surface area contributed by atoms with Crippen molar-refractivity contribution in [2.75, 3.05) is 10.0 Å². The number of anilines is 2. The zero-order valence-corrected chi connectivity index (χ0v) is 22.4. The molecule has 0 aliphatic carbocycles. The Labute approximate surface area is 227 Å². The molecule has 1 amide bonds. The molecule has 7 heteroatoms. The molecule has 0 aliphatic rings. The molecule has 190 valence electrons. The van der Waals surface area contributed by atoms with Crippen LogP contribution in [0.5, 0.6) is 0 Å². The minimum atomic E-state index is -3.80. The highest BCUT2D eigenvalue weighted by Crippen LogP contribution is 2.26. The molecule has 0 fully saturated rings. The summed E-state index contributed by atoms with van der Waals surface area (Å²) < 4.78 is 28.7. The van der Waals surface area contributed by atoms with Crippen molar-refractivity contribution >= 4 is 49.8 Å². The minimum absolute atomic E-state index is 0.110. The van der Waals surface area contributed by atoms with Crippen LogP contribution in [-0.4, -0.2) is 14.3 Å². The molecule has 0 unspecified atom stereocenters. The first kappa shape index (κ1) is 25.6. The molecule has 0 radical (unpaired) electrons. The molecule has 5 aromatic rings. The van der Waals surface area contributed by atoms with Crippen molar-refractivity contribution in [3.63, 3.8) is 0 Å². The number of fused-ring (bicyclic) bond motifs is 1. The lowest BCUT2D eigenvalue weighted by Gasteiger charge is -2.12. The Balaban J connectivity index is 1.21. The van der Waals surface area contributed by atoms with Crippen molar-refractivity contribution in [1.82, 2.24) is 0 Å². The summed E-state index contributed by atoms with van der Waals surface area (Å²) in [5.41, 5.74) is 3.92. The van der Waals surface area contributed by atoms with Crippen molar-refractivity contribution in [1.29, 1.82) is 0 Å². The third kappa shape index (κ3) is 6.07. The normalized spacial score (nSPS) is 11.3. The smallest absolute Gasteiger partial charge is 0.261 e. The van der Waals surface area contributed by atoms with Gasteiger partial charge in [-0.1, -0.05) is 66.2 Å². The van der Waals surface area contributed by atoms with E-state index in [1.165, 1.54) is 22.6 Å². The lowest BCUT2D eigenvalue weighted by molar-refractivity contribution is 0.102. The first-order chi connectivity index (χ1) is 18.4. The average molecular weight is 539 g/mol. The summed E-state index contributed by atoms with van der Waals surface area (Å²) in [4.78, 5) is 14.1. The molecular weight excluding hydrogens is 512 g/mol. The van der Waals surface area contributed by atoms with Gasteiger partial charge in [-0.3, -0.25) is 9.52 Å². The third-order valence-corrected chi connectivity index (χ3v) is 8.56. The molecule has 5 nitrogen and oxygen atoms in total. The molecule has 5 rings (SSSR count). The SMILES string of the molecule is Cc1ccc(SCc2ccc(C(=O)Nc3ccc(S(=O)(=O)Nc4cccc5ccccc45)cc3)cc2)cc1. The van der Waals surface area contributed by atoms with E-state index in [9.17, 15) is 13.2 Å². The van der Waals surface area contributed by atoms with Gasteiger partial charge in [0.2, 0.25) is 0 Å². The van der Waals surface area contributed by atoms with Gasteiger partial charge in [-0.2, -0.15) is 0 Å². The van der Waals surface area contributed by atoms with Gasteiger partial charge in [0, 0.05) is 27.3 Å². The van der Waals surface area contributed by atoms with Crippen LogP contribution in [0.4, 0.5) is 11.4 Å². The summed E-state index contributed by atoms with van der Waals surface area (Å²) in [5, 5.41) is 4.60. The molecule has 0 aromatic heterocycles. The quantitative estimate of drug-likeness (QED) is 0.201. The number of rotatable bonds is 8. The zero-order chi connectivity index (χ0) is 26.5. The van der Waals surface area contributed by atoms with E-state index in [-0.39, 0.29) is 10.8 Å². The molecule has 0 heterocycles. The lowest BCUT2D eigenvalue weighted by atomic mass is 10.1. The standard InChI is InChI=1S/C31H26N2O3S2/c1-22-9-17-27(18-10-22)37-21-23-11-13-25(14-12-23)31(34)32-26-15-19-28(20-16-26)38(35,36)33-30-8-4-6-24-5-2-3-7-29(24)30/h2-20,33H,21H2,1H3,(H,32,34). The van der Waals surface area contributed by atoms with Gasteiger partial charge in [0.25, 0.3) is 15.9 Å². The van der Waals surface area contributed by atoms with Crippen LogP contribution < -0.4 is 10.0 Å². The molecule has 5 aromatic carbocycles. The summed E-state index contributed by atoms with van der Waals surface area (Å²) in [7, 11) is -3.80. The van der Waals surface area contributed by atoms with Gasteiger partial charge in [0.15, 0.2) is 0 Å². The van der Waals surface area contributed by atoms with E-state index in [0.29, 0.717) is 16.9 Å². The highest BCUT2D eigenvalue weighted by Gasteiger charge is 2.16. The largest absolute Gasteiger partial charge is 0.322 e. The van der Waals surface area contributed by atoms with Gasteiger partial charge < -0.3 is 5.32 Å². The van der Waals surface area contributed by atoms with Crippen molar-refractivity contribution in [3.8, 4) is 0 Å². The summed E-state index contributed by atoms with van der Waals surface area (Å²) in [6.45, 7) is 2.07. The van der Waals surface area contributed by atoms with E-state index in [2.05, 4.69) is 41.2 Å². The van der Waals surface area contributed by atoms with E-state index in [1.54, 1.807) is 42.1 Å². The molecular formula is C31H26N2O3S2. The predicted octanol–water partition coefficient (Wildman–Crippen LogP) is 7.49. The van der Waals surface area contributed by atoms with Crippen molar-refractivity contribution < 1.29 is 13.2 Å². The Morgan fingerprint density at radius 2 is 1.45 bits per heavy atom. The van der Waals surface area contributed by atoms with Gasteiger partial charge in [-0.05, 0) is 72.5 Å². The number of carbonyl (C=O) groups excluding carboxylic acids is 1. The van der Waals surface area contributed by atoms with Crippen LogP contribution in [0.3, 0.4) is 0 Å². The molecule has 38 heavy (non-hydrogen) atoms. The number of amides is 1. The fraction of sp³-hybridized carbons (Fsp3) is 0.0645. The van der Waals surface area contributed by atoms with Crippen LogP contribution >= 0.6 is 11.8 Å². The van der Waals surface area contributed by atoms with E-state index in [4.69, 9.17) is 0 Å². The molecule has 2 N–H and O–H groups in total. The minimum Gasteiger partial charge on any atom is -0.322 e. The topological polar surface area (TPSA) is 75.3 Å². The number of carbonyl (C=O) groups is 1. The van der Waals surface area contributed by atoms with Gasteiger partial charge in [-0.25, -0.2) is 8.42 Å². The lowest BCUT2D eigenvalue weighted by Crippen LogP contribution is -2.14. The number of thioether (sulfide) groups is 1. The second-order valence-corrected chi connectivity index (χ2v) is 11.6. The molecule has 0 saturated carbocycles. The van der Waals surface area contributed by atoms with Crippen LogP contribution in [0.25, 0.3) is 10.8 Å². The monoisotopic (exact) mass is 538 g/mol. The number of sulfonamides is 1. The number of hydrogen-bond acceptors (Lipinski definition) is 4. The molecule has 0 saturated heterocycles. The fourth-order valence-corrected chi connectivity index (χ4v) is 5.93. The first-order valence-corrected chi connectivity index (χ1v) is 14.5. The van der Waals surface area contributed by atoms with E-state index >= 15 is 0 Å². The van der Waals surface area contributed by atoms with Crippen molar-refractivity contribution in [3.05, 3.63) is 132 Å². The Kier molecular flexibility index (Phi) is 7.49. The zero-order valence-electron chi connectivity index (χ0n) is 20.7. The van der Waals surface area contributed by atoms with Crippen LogP contribution in [0.1, 0.15) is 21.5 Å². The Morgan fingerprint density at radius 1 is 0.763 bits per heavy atom. The van der Waals surface area contributed by atoms with Crippen molar-refractivity contribution in [2.45, 2.75) is 22.5 Å². The number of hydrogen-bond donors (Lipinski definition) is 2. The van der Waals surface area contributed by atoms with E-state index in [1.807, 2.05) is 48.5 Å². The van der Waals surface area contributed by atoms with Crippen LogP contribution in [0.15, 0.2) is 125 Å². The van der Waals surface area contributed by atoms with Crippen LogP contribution in [0.2, 0.25) is 0 Å². The average Bonchev–Trinajstić information content (AvgIpc) is 2.93. The maximum atomic E-state index is 13.0. The second kappa shape index (κ2) is 11.1. The number of nitrogens with one attached hydrogen (secondary N) is 2. The summed E-state index contributed by atoms with van der Waals surface area (Å²) in [6, 6.07) is 35.1. The molecule has 0 spiro atoms. The predicted molar refractivity (Wildman–Crippen MR) is 156 cm³/mol. The van der Waals surface area contributed by atoms with Crippen LogP contribution in [-0.2, 0) is 15.8 Å². The van der Waals surface area contributed by atoms with Gasteiger partial charge in [0.1, 0.15) is 0 Å². The number of benzene rings is 5. The summed E-state index contributed by atoms with van der Waals surface area (Å²) in [5.74, 6) is 0.556. The van der Waals surface area contributed by atoms with Gasteiger partial charge in [-0.15, -0.1) is 11.8 Å². The van der Waals surface area contributed by atoms with E-state index < -0.39 is 10.0 Å². The summed E-state index contributed by atoms with van der Waals surface area (Å²) in [6.07, 6.45) is 0. The molecule has 0 bridgehead atoms. The Hall–Kier alpha value is -4.07. The van der Waals surface area contributed by atoms with Gasteiger partial charge >= 0.3 is 0 Å². The van der Waals surface area contributed by atoms with Crippen LogP contribution in [0, 0.1) is 6.92 Å². The number of aryl methyl sites for hydroxylation is 1.